The van der Waals surface area contributed by atoms with Gasteiger partial charge in [-0.1, -0.05) is 59.8 Å². The van der Waals surface area contributed by atoms with E-state index in [2.05, 4.69) is 32.3 Å². The van der Waals surface area contributed by atoms with Crippen LogP contribution in [0.25, 0.3) is 16.8 Å². The first-order valence-electron chi connectivity index (χ1n) is 16.1. The summed E-state index contributed by atoms with van der Waals surface area (Å²) in [4.78, 5) is 38.8. The van der Waals surface area contributed by atoms with Crippen LogP contribution in [0, 0.1) is 16.6 Å². The van der Waals surface area contributed by atoms with E-state index in [-0.39, 0.29) is 29.4 Å². The van der Waals surface area contributed by atoms with E-state index < -0.39 is 11.8 Å². The number of aliphatic imine (C=N–C) groups is 1. The van der Waals surface area contributed by atoms with Gasteiger partial charge < -0.3 is 14.5 Å². The van der Waals surface area contributed by atoms with Crippen LogP contribution in [0.1, 0.15) is 90.1 Å². The summed E-state index contributed by atoms with van der Waals surface area (Å²) in [5.74, 6) is -0.428. The summed E-state index contributed by atoms with van der Waals surface area (Å²) in [6.45, 7) is 19.7. The fraction of sp³-hybridized carbons (Fsp3) is 0.459. The number of rotatable bonds is 7. The quantitative estimate of drug-likeness (QED) is 0.295. The van der Waals surface area contributed by atoms with Crippen LogP contribution in [0.15, 0.2) is 71.8 Å². The van der Waals surface area contributed by atoms with Crippen molar-refractivity contribution >= 4 is 23.2 Å². The van der Waals surface area contributed by atoms with Gasteiger partial charge in [0, 0.05) is 42.7 Å². The highest BCUT2D eigenvalue weighted by molar-refractivity contribution is 6.44. The number of hydrogen-bond acceptors (Lipinski definition) is 6. The van der Waals surface area contributed by atoms with Crippen LogP contribution in [0.3, 0.4) is 0 Å². The SMILES string of the molecule is C=C(/C=C1/N=C(C(=O)N2CC3(C)CCCC3(C)C2C)C=C(CC)N1C)c1ccc(-c2ccc(C(=O)OCC)cn2)cc1F.CC. The second kappa shape index (κ2) is 13.5. The van der Waals surface area contributed by atoms with Crippen molar-refractivity contribution < 1.29 is 18.7 Å². The van der Waals surface area contributed by atoms with E-state index in [1.54, 1.807) is 37.3 Å². The molecule has 1 aliphatic carbocycles. The van der Waals surface area contributed by atoms with E-state index in [1.807, 2.05) is 43.7 Å². The molecule has 1 saturated carbocycles. The Morgan fingerprint density at radius 3 is 2.49 bits per heavy atom. The summed E-state index contributed by atoms with van der Waals surface area (Å²) in [7, 11) is 1.90. The van der Waals surface area contributed by atoms with Gasteiger partial charge in [-0.25, -0.2) is 14.2 Å². The van der Waals surface area contributed by atoms with Gasteiger partial charge in [0.1, 0.15) is 17.3 Å². The van der Waals surface area contributed by atoms with Crippen molar-refractivity contribution in [2.45, 2.75) is 80.2 Å². The zero-order chi connectivity index (χ0) is 33.1. The molecule has 1 saturated heterocycles. The van der Waals surface area contributed by atoms with Crippen LogP contribution in [-0.2, 0) is 9.53 Å². The van der Waals surface area contributed by atoms with Crippen molar-refractivity contribution in [2.24, 2.45) is 15.8 Å². The van der Waals surface area contributed by atoms with E-state index in [4.69, 9.17) is 9.73 Å². The fourth-order valence-corrected chi connectivity index (χ4v) is 6.94. The van der Waals surface area contributed by atoms with Crippen LogP contribution in [0.4, 0.5) is 4.39 Å². The van der Waals surface area contributed by atoms with E-state index in [9.17, 15) is 9.59 Å². The molecule has 3 unspecified atom stereocenters. The van der Waals surface area contributed by atoms with E-state index in [1.165, 1.54) is 18.7 Å². The normalized spacial score (nSPS) is 24.8. The number of fused-ring (bicyclic) bond motifs is 1. The molecule has 2 fully saturated rings. The maximum Gasteiger partial charge on any atom is 0.339 e. The third kappa shape index (κ3) is 6.24. The lowest BCUT2D eigenvalue weighted by atomic mass is 9.68. The molecule has 2 aromatic rings. The van der Waals surface area contributed by atoms with Gasteiger partial charge in [0.25, 0.3) is 5.91 Å². The van der Waals surface area contributed by atoms with Crippen LogP contribution in [0.5, 0.6) is 0 Å². The number of benzene rings is 1. The van der Waals surface area contributed by atoms with Crippen molar-refractivity contribution in [2.75, 3.05) is 20.2 Å². The zero-order valence-electron chi connectivity index (χ0n) is 28.0. The second-order valence-corrected chi connectivity index (χ2v) is 12.4. The number of aromatic nitrogens is 1. The topological polar surface area (TPSA) is 75.1 Å². The standard InChI is InChI=1S/C35H41FN4O3.C2H6/c1-8-26-19-30(32(41)40-21-34(5)15-10-16-35(34,6)23(40)4)38-31(39(26)7)17-22(3)27-13-11-24(18-28(27)36)29-14-12-25(20-37-29)33(42)43-9-2;1-2/h11-14,17-20,23H,3,8-10,15-16,21H2,1-2,4-7H3;1-2H3/b31-17-;. The molecule has 240 valence electrons. The smallest absolute Gasteiger partial charge is 0.339 e. The van der Waals surface area contributed by atoms with Crippen molar-refractivity contribution in [3.8, 4) is 11.3 Å². The van der Waals surface area contributed by atoms with Crippen molar-refractivity contribution in [3.05, 3.63) is 83.7 Å². The third-order valence-corrected chi connectivity index (χ3v) is 10.1. The highest BCUT2D eigenvalue weighted by Gasteiger charge is 2.60. The molecular weight excluding hydrogens is 567 g/mol. The molecule has 0 radical (unpaired) electrons. The number of carbonyl (C=O) groups excluding carboxylic acids is 2. The fourth-order valence-electron chi connectivity index (χ4n) is 6.94. The molecule has 2 aliphatic heterocycles. The van der Waals surface area contributed by atoms with Gasteiger partial charge >= 0.3 is 5.97 Å². The minimum Gasteiger partial charge on any atom is -0.462 e. The number of amides is 1. The molecule has 3 atom stereocenters. The molecule has 3 heterocycles. The lowest BCUT2D eigenvalue weighted by molar-refractivity contribution is -0.125. The number of likely N-dealkylation sites (tertiary alicyclic amines) is 1. The minimum atomic E-state index is -0.459. The molecule has 1 aromatic carbocycles. The van der Waals surface area contributed by atoms with Crippen LogP contribution < -0.4 is 0 Å². The van der Waals surface area contributed by atoms with Gasteiger partial charge in [-0.05, 0) is 79.9 Å². The number of esters is 1. The molecule has 8 heteroatoms. The Balaban J connectivity index is 0.00000226. The highest BCUT2D eigenvalue weighted by Crippen LogP contribution is 2.60. The van der Waals surface area contributed by atoms with Gasteiger partial charge in [0.2, 0.25) is 0 Å². The molecular formula is C37H47FN4O3. The van der Waals surface area contributed by atoms with Gasteiger partial charge in [0.15, 0.2) is 0 Å². The average molecular weight is 615 g/mol. The number of pyridine rings is 1. The average Bonchev–Trinajstić information content (AvgIpc) is 3.44. The third-order valence-electron chi connectivity index (χ3n) is 10.1. The van der Waals surface area contributed by atoms with E-state index in [0.717, 1.165) is 25.1 Å². The van der Waals surface area contributed by atoms with Crippen molar-refractivity contribution in [3.63, 3.8) is 0 Å². The molecule has 0 bridgehead atoms. The van der Waals surface area contributed by atoms with Crippen LogP contribution >= 0.6 is 0 Å². The number of allylic oxidation sites excluding steroid dienone is 3. The summed E-state index contributed by atoms with van der Waals surface area (Å²) in [6.07, 6.45) is 9.21. The Bertz CT molecular complexity index is 1560. The van der Waals surface area contributed by atoms with Gasteiger partial charge in [-0.2, -0.15) is 0 Å². The summed E-state index contributed by atoms with van der Waals surface area (Å²) in [5.41, 5.74) is 3.77. The summed E-state index contributed by atoms with van der Waals surface area (Å²) in [6, 6.07) is 8.22. The number of halogens is 1. The molecule has 7 nitrogen and oxygen atoms in total. The first-order chi connectivity index (χ1) is 21.4. The molecule has 0 spiro atoms. The predicted molar refractivity (Wildman–Crippen MR) is 179 cm³/mol. The van der Waals surface area contributed by atoms with Gasteiger partial charge in [0.05, 0.1) is 17.9 Å². The monoisotopic (exact) mass is 614 g/mol. The molecule has 5 rings (SSSR count). The van der Waals surface area contributed by atoms with Gasteiger partial charge in [-0.3, -0.25) is 9.78 Å². The van der Waals surface area contributed by atoms with E-state index >= 15 is 4.39 Å². The molecule has 3 aliphatic rings. The largest absolute Gasteiger partial charge is 0.462 e. The van der Waals surface area contributed by atoms with Gasteiger partial charge in [-0.15, -0.1) is 0 Å². The predicted octanol–water partition coefficient (Wildman–Crippen LogP) is 8.05. The summed E-state index contributed by atoms with van der Waals surface area (Å²) < 4.78 is 20.4. The van der Waals surface area contributed by atoms with Crippen LogP contribution in [0.2, 0.25) is 0 Å². The minimum absolute atomic E-state index is 0.0584. The first kappa shape index (κ1) is 33.8. The maximum absolute atomic E-state index is 15.4. The Kier molecular flexibility index (Phi) is 10.2. The number of nitrogens with zero attached hydrogens (tertiary/aromatic N) is 4. The Morgan fingerprint density at radius 2 is 1.89 bits per heavy atom. The lowest BCUT2D eigenvalue weighted by Gasteiger charge is -2.36. The second-order valence-electron chi connectivity index (χ2n) is 12.4. The Hall–Kier alpha value is -4.07. The van der Waals surface area contributed by atoms with E-state index in [0.29, 0.717) is 45.9 Å². The zero-order valence-corrected chi connectivity index (χ0v) is 28.0. The van der Waals surface area contributed by atoms with Crippen LogP contribution in [-0.4, -0.2) is 58.6 Å². The number of ether oxygens (including phenoxy) is 1. The molecule has 45 heavy (non-hydrogen) atoms. The highest BCUT2D eigenvalue weighted by atomic mass is 19.1. The first-order valence-corrected chi connectivity index (χ1v) is 16.1. The lowest BCUT2D eigenvalue weighted by Crippen LogP contribution is -2.43. The summed E-state index contributed by atoms with van der Waals surface area (Å²) >= 11 is 0. The molecule has 1 aromatic heterocycles. The molecule has 0 N–H and O–H groups in total. The summed E-state index contributed by atoms with van der Waals surface area (Å²) in [5, 5.41) is 0. The van der Waals surface area contributed by atoms with Crippen molar-refractivity contribution in [1.82, 2.24) is 14.8 Å². The number of carbonyl (C=O) groups is 2. The number of hydrogen-bond donors (Lipinski definition) is 0. The van der Waals surface area contributed by atoms with Crippen molar-refractivity contribution in [1.29, 1.82) is 0 Å². The Labute approximate surface area is 267 Å². The maximum atomic E-state index is 15.4. The molecule has 1 amide bonds. The Morgan fingerprint density at radius 1 is 1.16 bits per heavy atom.